The molecule has 6 nitrogen and oxygen atoms in total. The molecule has 3 aromatic rings. The van der Waals surface area contributed by atoms with Crippen molar-refractivity contribution in [2.24, 2.45) is 0 Å². The molecule has 0 radical (unpaired) electrons. The highest BCUT2D eigenvalue weighted by Gasteiger charge is 2.20. The summed E-state index contributed by atoms with van der Waals surface area (Å²) in [5.74, 6) is 2.50. The fourth-order valence-electron chi connectivity index (χ4n) is 3.58. The molecule has 4 rings (SSSR count). The van der Waals surface area contributed by atoms with Gasteiger partial charge in [-0.15, -0.1) is 0 Å². The van der Waals surface area contributed by atoms with Crippen LogP contribution in [-0.2, 0) is 13.0 Å². The second kappa shape index (κ2) is 8.83. The van der Waals surface area contributed by atoms with E-state index in [4.69, 9.17) is 14.7 Å². The number of benzene rings is 1. The minimum Gasteiger partial charge on any atom is -0.490 e. The third-order valence-electron chi connectivity index (χ3n) is 5.14. The highest BCUT2D eigenvalue weighted by molar-refractivity contribution is 5.51. The lowest BCUT2D eigenvalue weighted by atomic mass is 10.0. The molecule has 0 spiro atoms. The van der Waals surface area contributed by atoms with Crippen LogP contribution >= 0.6 is 0 Å². The van der Waals surface area contributed by atoms with Gasteiger partial charge in [0.2, 0.25) is 0 Å². The average Bonchev–Trinajstić information content (AvgIpc) is 2.77. The van der Waals surface area contributed by atoms with Crippen LogP contribution < -0.4 is 14.4 Å². The largest absolute Gasteiger partial charge is 0.490 e. The first-order valence-electron chi connectivity index (χ1n) is 10.0. The molecule has 0 saturated carbocycles. The molecule has 0 saturated heterocycles. The number of hydrogen-bond acceptors (Lipinski definition) is 6. The number of ether oxygens (including phenoxy) is 2. The van der Waals surface area contributed by atoms with Crippen LogP contribution in [0.15, 0.2) is 48.8 Å². The first kappa shape index (κ1) is 19.7. The maximum absolute atomic E-state index is 9.05. The summed E-state index contributed by atoms with van der Waals surface area (Å²) in [6.45, 7) is 6.54. The molecule has 0 amide bonds. The average molecular weight is 400 g/mol. The molecule has 0 N–H and O–H groups in total. The van der Waals surface area contributed by atoms with Gasteiger partial charge in [0, 0.05) is 31.4 Å². The van der Waals surface area contributed by atoms with Crippen LogP contribution in [0.3, 0.4) is 0 Å². The van der Waals surface area contributed by atoms with Crippen LogP contribution in [0.25, 0.3) is 0 Å². The number of hydrogen-bond donors (Lipinski definition) is 0. The van der Waals surface area contributed by atoms with Gasteiger partial charge in [0.15, 0.2) is 0 Å². The van der Waals surface area contributed by atoms with Crippen molar-refractivity contribution in [1.29, 1.82) is 5.26 Å². The standard InChI is InChI=1S/C24H24N4O2/c1-17-3-5-21(6-4-17)29-9-10-30-22-12-20-16-28(8-7-23(20)26-15-22)24-18(2)11-19(13-25)14-27-24/h3-6,11-12,14-15H,7-10,16H2,1-2H3. The molecule has 0 atom stereocenters. The van der Waals surface area contributed by atoms with Gasteiger partial charge in [-0.2, -0.15) is 5.26 Å². The van der Waals surface area contributed by atoms with E-state index in [1.54, 1.807) is 12.4 Å². The van der Waals surface area contributed by atoms with E-state index in [2.05, 4.69) is 33.9 Å². The van der Waals surface area contributed by atoms with Crippen molar-refractivity contribution in [3.8, 4) is 17.6 Å². The minimum absolute atomic E-state index is 0.453. The number of nitrogens with zero attached hydrogens (tertiary/aromatic N) is 4. The fraction of sp³-hybridized carbons (Fsp3) is 0.292. The zero-order valence-corrected chi connectivity index (χ0v) is 17.3. The Kier molecular flexibility index (Phi) is 5.80. The summed E-state index contributed by atoms with van der Waals surface area (Å²) >= 11 is 0. The Morgan fingerprint density at radius 2 is 1.77 bits per heavy atom. The summed E-state index contributed by atoms with van der Waals surface area (Å²) in [4.78, 5) is 11.3. The molecule has 1 aliphatic rings. The van der Waals surface area contributed by atoms with Crippen LogP contribution in [0.4, 0.5) is 5.82 Å². The van der Waals surface area contributed by atoms with E-state index in [0.717, 1.165) is 53.6 Å². The summed E-state index contributed by atoms with van der Waals surface area (Å²) in [6.07, 6.45) is 4.27. The molecule has 152 valence electrons. The zero-order valence-electron chi connectivity index (χ0n) is 17.3. The molecular weight excluding hydrogens is 376 g/mol. The Labute approximate surface area is 176 Å². The van der Waals surface area contributed by atoms with Crippen molar-refractivity contribution in [2.75, 3.05) is 24.7 Å². The fourth-order valence-corrected chi connectivity index (χ4v) is 3.58. The summed E-state index contributed by atoms with van der Waals surface area (Å²) in [5.41, 5.74) is 5.04. The van der Waals surface area contributed by atoms with Gasteiger partial charge < -0.3 is 14.4 Å². The normalized spacial score (nSPS) is 12.8. The quantitative estimate of drug-likeness (QED) is 0.583. The lowest BCUT2D eigenvalue weighted by Crippen LogP contribution is -2.32. The van der Waals surface area contributed by atoms with Crippen LogP contribution in [0, 0.1) is 25.2 Å². The third-order valence-corrected chi connectivity index (χ3v) is 5.14. The van der Waals surface area contributed by atoms with E-state index < -0.39 is 0 Å². The number of aryl methyl sites for hydroxylation is 2. The van der Waals surface area contributed by atoms with Crippen molar-refractivity contribution >= 4 is 5.82 Å². The van der Waals surface area contributed by atoms with Gasteiger partial charge in [-0.25, -0.2) is 4.98 Å². The van der Waals surface area contributed by atoms with E-state index in [9.17, 15) is 0 Å². The molecular formula is C24H24N4O2. The van der Waals surface area contributed by atoms with Crippen molar-refractivity contribution in [1.82, 2.24) is 9.97 Å². The van der Waals surface area contributed by atoms with Gasteiger partial charge in [-0.1, -0.05) is 17.7 Å². The first-order valence-corrected chi connectivity index (χ1v) is 10.0. The van der Waals surface area contributed by atoms with Gasteiger partial charge >= 0.3 is 0 Å². The second-order valence-corrected chi connectivity index (χ2v) is 7.43. The van der Waals surface area contributed by atoms with Crippen LogP contribution in [0.1, 0.15) is 27.9 Å². The van der Waals surface area contributed by atoms with Crippen LogP contribution in [-0.4, -0.2) is 29.7 Å². The van der Waals surface area contributed by atoms with E-state index in [0.29, 0.717) is 18.8 Å². The van der Waals surface area contributed by atoms with Gasteiger partial charge in [0.25, 0.3) is 0 Å². The number of aromatic nitrogens is 2. The van der Waals surface area contributed by atoms with Gasteiger partial charge in [-0.3, -0.25) is 4.98 Å². The summed E-state index contributed by atoms with van der Waals surface area (Å²) in [7, 11) is 0. The van der Waals surface area contributed by atoms with Crippen molar-refractivity contribution in [3.05, 3.63) is 76.7 Å². The Balaban J connectivity index is 1.37. The van der Waals surface area contributed by atoms with Crippen LogP contribution in [0.2, 0.25) is 0 Å². The summed E-state index contributed by atoms with van der Waals surface area (Å²) in [6, 6.07) is 14.1. The monoisotopic (exact) mass is 400 g/mol. The lowest BCUT2D eigenvalue weighted by molar-refractivity contribution is 0.216. The Morgan fingerprint density at radius 3 is 2.50 bits per heavy atom. The lowest BCUT2D eigenvalue weighted by Gasteiger charge is -2.30. The smallest absolute Gasteiger partial charge is 0.138 e. The van der Waals surface area contributed by atoms with Crippen LogP contribution in [0.5, 0.6) is 11.5 Å². The Hall–Kier alpha value is -3.59. The zero-order chi connectivity index (χ0) is 20.9. The molecule has 2 aromatic heterocycles. The third kappa shape index (κ3) is 4.52. The molecule has 0 unspecified atom stereocenters. The van der Waals surface area contributed by atoms with Gasteiger partial charge in [-0.05, 0) is 49.2 Å². The van der Waals surface area contributed by atoms with E-state index in [-0.39, 0.29) is 0 Å². The van der Waals surface area contributed by atoms with Gasteiger partial charge in [0.05, 0.1) is 11.8 Å². The predicted molar refractivity (Wildman–Crippen MR) is 115 cm³/mol. The highest BCUT2D eigenvalue weighted by Crippen LogP contribution is 2.27. The maximum atomic E-state index is 9.05. The minimum atomic E-state index is 0.453. The van der Waals surface area contributed by atoms with E-state index >= 15 is 0 Å². The van der Waals surface area contributed by atoms with Gasteiger partial charge in [0.1, 0.15) is 36.6 Å². The molecule has 0 fully saturated rings. The predicted octanol–water partition coefficient (Wildman–Crippen LogP) is 3.99. The molecule has 30 heavy (non-hydrogen) atoms. The van der Waals surface area contributed by atoms with Crippen molar-refractivity contribution < 1.29 is 9.47 Å². The first-order chi connectivity index (χ1) is 14.6. The van der Waals surface area contributed by atoms with E-state index in [1.165, 1.54) is 5.56 Å². The molecule has 1 aromatic carbocycles. The number of nitriles is 1. The molecule has 0 bridgehead atoms. The summed E-state index contributed by atoms with van der Waals surface area (Å²) < 4.78 is 11.6. The van der Waals surface area contributed by atoms with Crippen molar-refractivity contribution in [2.45, 2.75) is 26.8 Å². The number of pyridine rings is 2. The number of fused-ring (bicyclic) bond motifs is 1. The highest BCUT2D eigenvalue weighted by atomic mass is 16.5. The molecule has 1 aliphatic heterocycles. The molecule has 0 aliphatic carbocycles. The van der Waals surface area contributed by atoms with E-state index in [1.807, 2.05) is 37.3 Å². The molecule has 3 heterocycles. The number of anilines is 1. The maximum Gasteiger partial charge on any atom is 0.138 e. The second-order valence-electron chi connectivity index (χ2n) is 7.43. The molecule has 6 heteroatoms. The van der Waals surface area contributed by atoms with Crippen molar-refractivity contribution in [3.63, 3.8) is 0 Å². The topological polar surface area (TPSA) is 71.3 Å². The SMILES string of the molecule is Cc1ccc(OCCOc2cnc3c(c2)CN(c2ncc(C#N)cc2C)CC3)cc1. The Morgan fingerprint density at radius 1 is 1.00 bits per heavy atom. The summed E-state index contributed by atoms with van der Waals surface area (Å²) in [5, 5.41) is 9.05. The number of rotatable bonds is 6. The Bertz CT molecular complexity index is 1070.